The van der Waals surface area contributed by atoms with E-state index in [4.69, 9.17) is 17.0 Å². The van der Waals surface area contributed by atoms with Crippen LogP contribution in [0.5, 0.6) is 0 Å². The standard InChI is InChI=1S/C18H17N3O2S/c1-12-15(17(22)23-11-13-7-3-2-4-8-13)16(21-18(24)20-12)14-9-5-6-10-19-14/h2-10,16H,11H2,1H3,(H2,20,21,24). The van der Waals surface area contributed by atoms with E-state index in [0.717, 1.165) is 5.56 Å². The number of allylic oxidation sites excluding steroid dienone is 1. The SMILES string of the molecule is CC1=C(C(=O)OCc2ccccc2)C(c2ccccn2)NC(=S)N1. The molecule has 1 aromatic heterocycles. The largest absolute Gasteiger partial charge is 0.457 e. The number of thiocarbonyl (C=S) groups is 1. The zero-order valence-corrected chi connectivity index (χ0v) is 14.0. The summed E-state index contributed by atoms with van der Waals surface area (Å²) < 4.78 is 5.48. The molecule has 2 N–H and O–H groups in total. The van der Waals surface area contributed by atoms with Crippen molar-refractivity contribution in [3.8, 4) is 0 Å². The second kappa shape index (κ2) is 7.23. The van der Waals surface area contributed by atoms with Crippen LogP contribution in [0.25, 0.3) is 0 Å². The molecule has 0 radical (unpaired) electrons. The minimum atomic E-state index is -0.428. The molecule has 1 unspecified atom stereocenters. The topological polar surface area (TPSA) is 63.2 Å². The number of nitrogens with zero attached hydrogens (tertiary/aromatic N) is 1. The van der Waals surface area contributed by atoms with E-state index in [2.05, 4.69) is 15.6 Å². The zero-order chi connectivity index (χ0) is 16.9. The number of hydrogen-bond acceptors (Lipinski definition) is 4. The van der Waals surface area contributed by atoms with Gasteiger partial charge in [-0.3, -0.25) is 4.98 Å². The number of nitrogens with one attached hydrogen (secondary N) is 2. The molecule has 6 heteroatoms. The number of aromatic nitrogens is 1. The fourth-order valence-electron chi connectivity index (χ4n) is 2.53. The quantitative estimate of drug-likeness (QED) is 0.659. The van der Waals surface area contributed by atoms with Crippen LogP contribution < -0.4 is 10.6 Å². The van der Waals surface area contributed by atoms with Crippen molar-refractivity contribution in [1.29, 1.82) is 0 Å². The summed E-state index contributed by atoms with van der Waals surface area (Å²) >= 11 is 5.20. The lowest BCUT2D eigenvalue weighted by atomic mass is 9.99. The summed E-state index contributed by atoms with van der Waals surface area (Å²) in [5.74, 6) is -0.394. The van der Waals surface area contributed by atoms with Gasteiger partial charge in [0.15, 0.2) is 5.11 Å². The number of ether oxygens (including phenoxy) is 1. The van der Waals surface area contributed by atoms with Crippen molar-refractivity contribution < 1.29 is 9.53 Å². The van der Waals surface area contributed by atoms with Crippen LogP contribution in [0.2, 0.25) is 0 Å². The van der Waals surface area contributed by atoms with Gasteiger partial charge in [0.05, 0.1) is 11.3 Å². The van der Waals surface area contributed by atoms with Crippen LogP contribution >= 0.6 is 12.2 Å². The molecule has 0 fully saturated rings. The van der Waals surface area contributed by atoms with Gasteiger partial charge in [0.2, 0.25) is 0 Å². The van der Waals surface area contributed by atoms with Gasteiger partial charge in [-0.05, 0) is 36.8 Å². The van der Waals surface area contributed by atoms with Crippen LogP contribution in [0.3, 0.4) is 0 Å². The molecule has 0 saturated heterocycles. The van der Waals surface area contributed by atoms with Crippen molar-refractivity contribution in [2.45, 2.75) is 19.6 Å². The maximum atomic E-state index is 12.6. The third-order valence-corrected chi connectivity index (χ3v) is 3.91. The molecule has 2 heterocycles. The maximum absolute atomic E-state index is 12.6. The van der Waals surface area contributed by atoms with Crippen LogP contribution in [0.4, 0.5) is 0 Å². The number of carbonyl (C=O) groups excluding carboxylic acids is 1. The summed E-state index contributed by atoms with van der Waals surface area (Å²) in [5, 5.41) is 6.53. The molecule has 1 aliphatic rings. The van der Waals surface area contributed by atoms with E-state index in [-0.39, 0.29) is 6.61 Å². The van der Waals surface area contributed by atoms with E-state index >= 15 is 0 Å². The van der Waals surface area contributed by atoms with E-state index in [0.29, 0.717) is 22.1 Å². The Kier molecular flexibility index (Phi) is 4.86. The monoisotopic (exact) mass is 339 g/mol. The highest BCUT2D eigenvalue weighted by atomic mass is 32.1. The minimum Gasteiger partial charge on any atom is -0.457 e. The molecule has 0 saturated carbocycles. The van der Waals surface area contributed by atoms with E-state index < -0.39 is 12.0 Å². The van der Waals surface area contributed by atoms with Gasteiger partial charge in [0.25, 0.3) is 0 Å². The zero-order valence-electron chi connectivity index (χ0n) is 13.2. The lowest BCUT2D eigenvalue weighted by Crippen LogP contribution is -2.45. The van der Waals surface area contributed by atoms with Gasteiger partial charge in [-0.2, -0.15) is 0 Å². The van der Waals surface area contributed by atoms with E-state index in [1.807, 2.05) is 55.5 Å². The number of carbonyl (C=O) groups is 1. The first kappa shape index (κ1) is 16.1. The number of hydrogen-bond donors (Lipinski definition) is 2. The summed E-state index contributed by atoms with van der Waals surface area (Å²) in [6, 6.07) is 14.7. The Morgan fingerprint density at radius 3 is 2.67 bits per heavy atom. The van der Waals surface area contributed by atoms with Gasteiger partial charge in [0, 0.05) is 11.9 Å². The van der Waals surface area contributed by atoms with Crippen LogP contribution in [0, 0.1) is 0 Å². The average Bonchev–Trinajstić information content (AvgIpc) is 2.60. The average molecular weight is 339 g/mol. The van der Waals surface area contributed by atoms with E-state index in [9.17, 15) is 4.79 Å². The van der Waals surface area contributed by atoms with E-state index in [1.54, 1.807) is 6.20 Å². The van der Waals surface area contributed by atoms with Gasteiger partial charge < -0.3 is 15.4 Å². The van der Waals surface area contributed by atoms with Crippen molar-refractivity contribution in [2.75, 3.05) is 0 Å². The predicted octanol–water partition coefficient (Wildman–Crippen LogP) is 2.62. The van der Waals surface area contributed by atoms with Gasteiger partial charge >= 0.3 is 5.97 Å². The van der Waals surface area contributed by atoms with Crippen LogP contribution in [-0.2, 0) is 16.1 Å². The van der Waals surface area contributed by atoms with Crippen molar-refractivity contribution >= 4 is 23.3 Å². The van der Waals surface area contributed by atoms with Gasteiger partial charge in [-0.15, -0.1) is 0 Å². The minimum absolute atomic E-state index is 0.218. The van der Waals surface area contributed by atoms with Gasteiger partial charge in [-0.25, -0.2) is 4.79 Å². The third-order valence-electron chi connectivity index (χ3n) is 3.69. The smallest absolute Gasteiger partial charge is 0.338 e. The fourth-order valence-corrected chi connectivity index (χ4v) is 2.80. The molecule has 0 spiro atoms. The Balaban J connectivity index is 1.83. The molecule has 1 aliphatic heterocycles. The second-order valence-corrected chi connectivity index (χ2v) is 5.79. The van der Waals surface area contributed by atoms with Crippen molar-refractivity contribution in [2.24, 2.45) is 0 Å². The summed E-state index contributed by atoms with van der Waals surface area (Å²) in [7, 11) is 0. The Morgan fingerprint density at radius 1 is 1.21 bits per heavy atom. The molecule has 2 aromatic rings. The molecule has 24 heavy (non-hydrogen) atoms. The first-order valence-corrected chi connectivity index (χ1v) is 7.96. The molecule has 1 aromatic carbocycles. The van der Waals surface area contributed by atoms with Crippen molar-refractivity contribution in [3.05, 3.63) is 77.3 Å². The van der Waals surface area contributed by atoms with Crippen LogP contribution in [0.1, 0.15) is 24.2 Å². The fraction of sp³-hybridized carbons (Fsp3) is 0.167. The van der Waals surface area contributed by atoms with Crippen molar-refractivity contribution in [3.63, 3.8) is 0 Å². The van der Waals surface area contributed by atoms with E-state index in [1.165, 1.54) is 0 Å². The Hall–Kier alpha value is -2.73. The summed E-state index contributed by atoms with van der Waals surface area (Å²) in [4.78, 5) is 17.0. The number of rotatable bonds is 4. The Labute approximate surface area is 145 Å². The van der Waals surface area contributed by atoms with Crippen LogP contribution in [0.15, 0.2) is 66.0 Å². The lowest BCUT2D eigenvalue weighted by Gasteiger charge is -2.29. The molecule has 0 bridgehead atoms. The predicted molar refractivity (Wildman–Crippen MR) is 94.8 cm³/mol. The molecule has 1 atom stereocenters. The number of pyridine rings is 1. The van der Waals surface area contributed by atoms with Crippen LogP contribution in [-0.4, -0.2) is 16.1 Å². The Morgan fingerprint density at radius 2 is 1.96 bits per heavy atom. The first-order valence-electron chi connectivity index (χ1n) is 7.55. The molecule has 5 nitrogen and oxygen atoms in total. The Bertz CT molecular complexity index is 775. The summed E-state index contributed by atoms with van der Waals surface area (Å²) in [6.07, 6.45) is 1.68. The lowest BCUT2D eigenvalue weighted by molar-refractivity contribution is -0.140. The second-order valence-electron chi connectivity index (χ2n) is 5.39. The molecule has 122 valence electrons. The highest BCUT2D eigenvalue weighted by molar-refractivity contribution is 7.80. The van der Waals surface area contributed by atoms with Gasteiger partial charge in [0.1, 0.15) is 12.6 Å². The molecular weight excluding hydrogens is 322 g/mol. The highest BCUT2D eigenvalue weighted by Gasteiger charge is 2.31. The summed E-state index contributed by atoms with van der Waals surface area (Å²) in [5.41, 5.74) is 2.81. The molecule has 0 amide bonds. The molecule has 3 rings (SSSR count). The molecule has 0 aliphatic carbocycles. The normalized spacial score (nSPS) is 17.0. The number of benzene rings is 1. The highest BCUT2D eigenvalue weighted by Crippen LogP contribution is 2.26. The maximum Gasteiger partial charge on any atom is 0.338 e. The van der Waals surface area contributed by atoms with Gasteiger partial charge in [-0.1, -0.05) is 36.4 Å². The first-order chi connectivity index (χ1) is 11.6. The summed E-state index contributed by atoms with van der Waals surface area (Å²) in [6.45, 7) is 2.03. The molecular formula is C18H17N3O2S. The third kappa shape index (κ3) is 3.60. The van der Waals surface area contributed by atoms with Crippen molar-refractivity contribution in [1.82, 2.24) is 15.6 Å². The number of esters is 1.